The number of piperidine rings is 1. The van der Waals surface area contributed by atoms with E-state index < -0.39 is 0 Å². The molecule has 1 aliphatic heterocycles. The molecule has 4 heterocycles. The minimum atomic E-state index is -0.294. The summed E-state index contributed by atoms with van der Waals surface area (Å²) in [6.45, 7) is 4.05. The number of halogens is 1. The predicted molar refractivity (Wildman–Crippen MR) is 140 cm³/mol. The van der Waals surface area contributed by atoms with Crippen molar-refractivity contribution in [2.45, 2.75) is 63.6 Å². The van der Waals surface area contributed by atoms with Crippen molar-refractivity contribution < 1.29 is 9.13 Å². The molecule has 6 rings (SSSR count). The highest BCUT2D eigenvalue weighted by atomic mass is 19.1. The highest BCUT2D eigenvalue weighted by Crippen LogP contribution is 2.35. The Morgan fingerprint density at radius 1 is 1.08 bits per heavy atom. The van der Waals surface area contributed by atoms with E-state index in [9.17, 15) is 0 Å². The van der Waals surface area contributed by atoms with Crippen LogP contribution in [-0.4, -0.2) is 68.8 Å². The van der Waals surface area contributed by atoms with Crippen molar-refractivity contribution in [2.75, 3.05) is 32.6 Å². The smallest absolute Gasteiger partial charge is 0.224 e. The summed E-state index contributed by atoms with van der Waals surface area (Å²) in [6, 6.07) is 4.33. The molecule has 0 spiro atoms. The molecule has 190 valence electrons. The van der Waals surface area contributed by atoms with Crippen molar-refractivity contribution in [3.05, 3.63) is 36.2 Å². The number of likely N-dealkylation sites (tertiary alicyclic amines) is 1. The van der Waals surface area contributed by atoms with Crippen molar-refractivity contribution in [1.29, 1.82) is 0 Å². The maximum Gasteiger partial charge on any atom is 0.224 e. The van der Waals surface area contributed by atoms with Crippen molar-refractivity contribution in [3.63, 3.8) is 0 Å². The Kier molecular flexibility index (Phi) is 6.13. The zero-order chi connectivity index (χ0) is 24.8. The lowest BCUT2D eigenvalue weighted by atomic mass is 9.93. The third-order valence-corrected chi connectivity index (χ3v) is 8.06. The SMILES string of the molecule is COC1CCC(Nc2ncc3c(-c4cc(F)c5nc(C)n(C6CCN(C)CC6)c5c4)c[nH]c3n2)CC1. The number of rotatable bonds is 5. The Bertz CT molecular complexity index is 1380. The first kappa shape index (κ1) is 23.4. The molecule has 0 amide bonds. The van der Waals surface area contributed by atoms with Crippen molar-refractivity contribution >= 4 is 28.0 Å². The number of benzene rings is 1. The number of imidazole rings is 1. The van der Waals surface area contributed by atoms with Crippen molar-refractivity contribution in [3.8, 4) is 11.1 Å². The van der Waals surface area contributed by atoms with Crippen LogP contribution in [0.4, 0.5) is 10.3 Å². The lowest BCUT2D eigenvalue weighted by Crippen LogP contribution is -2.31. The van der Waals surface area contributed by atoms with Crippen LogP contribution in [-0.2, 0) is 4.74 Å². The normalized spacial score (nSPS) is 22.0. The van der Waals surface area contributed by atoms with Gasteiger partial charge < -0.3 is 24.5 Å². The van der Waals surface area contributed by atoms with E-state index in [0.717, 1.165) is 85.1 Å². The van der Waals surface area contributed by atoms with Crippen LogP contribution in [0.1, 0.15) is 50.4 Å². The first-order chi connectivity index (χ1) is 17.5. The third-order valence-electron chi connectivity index (χ3n) is 8.06. The minimum absolute atomic E-state index is 0.294. The second kappa shape index (κ2) is 9.44. The fraction of sp³-hybridized carbons (Fsp3) is 0.519. The fourth-order valence-corrected chi connectivity index (χ4v) is 5.98. The van der Waals surface area contributed by atoms with E-state index in [1.165, 1.54) is 0 Å². The summed E-state index contributed by atoms with van der Waals surface area (Å²) in [5, 5.41) is 4.36. The molecule has 2 N–H and O–H groups in total. The zero-order valence-electron chi connectivity index (χ0n) is 21.2. The highest BCUT2D eigenvalue weighted by molar-refractivity contribution is 5.96. The van der Waals surface area contributed by atoms with Crippen LogP contribution in [0.15, 0.2) is 24.5 Å². The monoisotopic (exact) mass is 491 g/mol. The Morgan fingerprint density at radius 2 is 1.86 bits per heavy atom. The van der Waals surface area contributed by atoms with Gasteiger partial charge in [-0.3, -0.25) is 0 Å². The first-order valence-corrected chi connectivity index (χ1v) is 13.0. The van der Waals surface area contributed by atoms with Gasteiger partial charge in [-0.15, -0.1) is 0 Å². The van der Waals surface area contributed by atoms with Crippen molar-refractivity contribution in [1.82, 2.24) is 29.4 Å². The van der Waals surface area contributed by atoms with E-state index in [4.69, 9.17) is 9.72 Å². The van der Waals surface area contributed by atoms with Crippen molar-refractivity contribution in [2.24, 2.45) is 0 Å². The molecule has 2 aliphatic rings. The summed E-state index contributed by atoms with van der Waals surface area (Å²) in [7, 11) is 3.93. The lowest BCUT2D eigenvalue weighted by Gasteiger charge is -2.30. The minimum Gasteiger partial charge on any atom is -0.381 e. The number of fused-ring (bicyclic) bond motifs is 2. The number of ether oxygens (including phenoxy) is 1. The van der Waals surface area contributed by atoms with Gasteiger partial charge in [-0.2, -0.15) is 4.98 Å². The number of aryl methyl sites for hydroxylation is 1. The Balaban J connectivity index is 1.31. The number of nitrogens with one attached hydrogen (secondary N) is 2. The molecule has 0 atom stereocenters. The summed E-state index contributed by atoms with van der Waals surface area (Å²) in [5.74, 6) is 1.19. The average Bonchev–Trinajstić information content (AvgIpc) is 3.45. The molecule has 2 fully saturated rings. The van der Waals surface area contributed by atoms with E-state index in [2.05, 4.69) is 42.8 Å². The number of hydrogen-bond acceptors (Lipinski definition) is 6. The molecular formula is C27H34FN7O. The number of methoxy groups -OCH3 is 1. The predicted octanol–water partition coefficient (Wildman–Crippen LogP) is 5.06. The van der Waals surface area contributed by atoms with Crippen LogP contribution in [0.3, 0.4) is 0 Å². The van der Waals surface area contributed by atoms with Gasteiger partial charge >= 0.3 is 0 Å². The second-order valence-corrected chi connectivity index (χ2v) is 10.4. The second-order valence-electron chi connectivity index (χ2n) is 10.4. The molecule has 0 bridgehead atoms. The van der Waals surface area contributed by atoms with Crippen LogP contribution in [0, 0.1) is 12.7 Å². The van der Waals surface area contributed by atoms with Gasteiger partial charge in [-0.05, 0) is 83.3 Å². The van der Waals surface area contributed by atoms with Gasteiger partial charge in [0.15, 0.2) is 5.82 Å². The van der Waals surface area contributed by atoms with E-state index in [1.54, 1.807) is 13.2 Å². The number of aromatic amines is 1. The molecule has 0 unspecified atom stereocenters. The molecule has 0 radical (unpaired) electrons. The molecule has 4 aromatic rings. The van der Waals surface area contributed by atoms with Gasteiger partial charge in [0, 0.05) is 42.5 Å². The number of hydrogen-bond donors (Lipinski definition) is 2. The Morgan fingerprint density at radius 3 is 2.61 bits per heavy atom. The summed E-state index contributed by atoms with van der Waals surface area (Å²) in [5.41, 5.74) is 3.75. The van der Waals surface area contributed by atoms with Gasteiger partial charge in [0.05, 0.1) is 11.6 Å². The first-order valence-electron chi connectivity index (χ1n) is 13.0. The van der Waals surface area contributed by atoms with Gasteiger partial charge in [-0.1, -0.05) is 0 Å². The molecule has 36 heavy (non-hydrogen) atoms. The largest absolute Gasteiger partial charge is 0.381 e. The molecule has 8 nitrogen and oxygen atoms in total. The molecule has 9 heteroatoms. The van der Waals surface area contributed by atoms with Gasteiger partial charge in [-0.25, -0.2) is 14.4 Å². The van der Waals surface area contributed by atoms with Crippen LogP contribution in [0.5, 0.6) is 0 Å². The molecule has 1 aliphatic carbocycles. The van der Waals surface area contributed by atoms with Crippen LogP contribution < -0.4 is 5.32 Å². The number of anilines is 1. The van der Waals surface area contributed by atoms with E-state index >= 15 is 4.39 Å². The topological polar surface area (TPSA) is 83.9 Å². The number of H-pyrrole nitrogens is 1. The summed E-state index contributed by atoms with van der Waals surface area (Å²) < 4.78 is 23.0. The summed E-state index contributed by atoms with van der Waals surface area (Å²) in [6.07, 6.45) is 10.3. The number of nitrogens with zero attached hydrogens (tertiary/aromatic N) is 5. The van der Waals surface area contributed by atoms with Crippen LogP contribution in [0.25, 0.3) is 33.2 Å². The van der Waals surface area contributed by atoms with E-state index in [0.29, 0.717) is 29.7 Å². The Labute approximate surface area is 210 Å². The highest BCUT2D eigenvalue weighted by Gasteiger charge is 2.24. The van der Waals surface area contributed by atoms with E-state index in [1.807, 2.05) is 19.3 Å². The summed E-state index contributed by atoms with van der Waals surface area (Å²) >= 11 is 0. The average molecular weight is 492 g/mol. The van der Waals surface area contributed by atoms with Gasteiger partial charge in [0.25, 0.3) is 0 Å². The van der Waals surface area contributed by atoms with Gasteiger partial charge in [0.2, 0.25) is 5.95 Å². The van der Waals surface area contributed by atoms with Crippen LogP contribution >= 0.6 is 0 Å². The standard InChI is InChI=1S/C27H34FN7O/c1-16-31-25-23(28)12-17(13-24(25)35(16)19-8-10-34(2)11-9-19)21-14-29-26-22(21)15-30-27(33-26)32-18-4-6-20(36-3)7-5-18/h12-15,18-20H,4-11H2,1-3H3,(H2,29,30,32,33). The molecule has 1 saturated carbocycles. The lowest BCUT2D eigenvalue weighted by molar-refractivity contribution is 0.0681. The quantitative estimate of drug-likeness (QED) is 0.406. The van der Waals surface area contributed by atoms with Gasteiger partial charge in [0.1, 0.15) is 17.0 Å². The third kappa shape index (κ3) is 4.24. The molecule has 3 aromatic heterocycles. The van der Waals surface area contributed by atoms with Crippen LogP contribution in [0.2, 0.25) is 0 Å². The fourth-order valence-electron chi connectivity index (χ4n) is 5.98. The Hall–Kier alpha value is -3.04. The molecular weight excluding hydrogens is 457 g/mol. The molecule has 1 saturated heterocycles. The molecule has 1 aromatic carbocycles. The maximum atomic E-state index is 15.3. The zero-order valence-corrected chi connectivity index (χ0v) is 21.2. The van der Waals surface area contributed by atoms with E-state index in [-0.39, 0.29) is 5.82 Å². The number of aromatic nitrogens is 5. The summed E-state index contributed by atoms with van der Waals surface area (Å²) in [4.78, 5) is 19.5. The maximum absolute atomic E-state index is 15.3.